The molecule has 8 aromatic rings. The number of alkyl halides is 6. The van der Waals surface area contributed by atoms with Crippen LogP contribution in [0.15, 0.2) is 182 Å². The molecule has 8 heteroatoms. The maximum absolute atomic E-state index is 15.8. The molecule has 0 unspecified atom stereocenters. The second-order valence-electron chi connectivity index (χ2n) is 18.1. The van der Waals surface area contributed by atoms with E-state index < -0.39 is 28.9 Å². The van der Waals surface area contributed by atoms with Gasteiger partial charge in [-0.2, -0.15) is 26.3 Å². The van der Waals surface area contributed by atoms with Crippen LogP contribution in [0.1, 0.15) is 88.5 Å². The second-order valence-corrected chi connectivity index (χ2v) is 18.1. The highest BCUT2D eigenvalue weighted by molar-refractivity contribution is 6.00. The summed E-state index contributed by atoms with van der Waals surface area (Å²) in [7, 11) is 0. The normalized spacial score (nSPS) is 12.5. The molecule has 0 radical (unpaired) electrons. The average Bonchev–Trinajstić information content (AvgIpc) is 3.30. The highest BCUT2D eigenvalue weighted by Gasteiger charge is 2.72. The zero-order chi connectivity index (χ0) is 46.9. The number of fused-ring (bicyclic) bond motifs is 2. The lowest BCUT2D eigenvalue weighted by molar-refractivity contribution is -0.288. The third-order valence-electron chi connectivity index (χ3n) is 13.1. The molecular weight excluding hydrogens is 839 g/mol. The zero-order valence-corrected chi connectivity index (χ0v) is 37.9. The fourth-order valence-electron chi connectivity index (χ4n) is 9.40. The van der Waals surface area contributed by atoms with Crippen molar-refractivity contribution in [2.75, 3.05) is 9.80 Å². The molecule has 8 aromatic carbocycles. The summed E-state index contributed by atoms with van der Waals surface area (Å²) in [4.78, 5) is 3.77. The summed E-state index contributed by atoms with van der Waals surface area (Å²) in [5.41, 5.74) is -0.375. The number of halogens is 6. The molecule has 0 N–H and O–H groups in total. The van der Waals surface area contributed by atoms with E-state index >= 15 is 26.3 Å². The highest BCUT2D eigenvalue weighted by atomic mass is 19.4. The summed E-state index contributed by atoms with van der Waals surface area (Å²) in [5.74, 6) is 0.252. The Morgan fingerprint density at radius 2 is 0.788 bits per heavy atom. The van der Waals surface area contributed by atoms with Gasteiger partial charge in [0, 0.05) is 33.5 Å². The Labute approximate surface area is 384 Å². The van der Waals surface area contributed by atoms with Crippen molar-refractivity contribution in [2.45, 2.75) is 89.4 Å². The molecule has 0 amide bonds. The maximum atomic E-state index is 15.8. The average molecular weight is 893 g/mol. The number of unbranched alkanes of at least 4 members (excludes halogenated alkanes) is 2. The second kappa shape index (κ2) is 18.4. The molecule has 0 aliphatic heterocycles. The van der Waals surface area contributed by atoms with Gasteiger partial charge in [-0.25, -0.2) is 0 Å². The molecule has 66 heavy (non-hydrogen) atoms. The van der Waals surface area contributed by atoms with Crippen LogP contribution in [-0.4, -0.2) is 12.4 Å². The molecule has 2 nitrogen and oxygen atoms in total. The van der Waals surface area contributed by atoms with Crippen molar-refractivity contribution in [3.8, 4) is 0 Å². The van der Waals surface area contributed by atoms with E-state index in [1.807, 2.05) is 131 Å². The fourth-order valence-corrected chi connectivity index (χ4v) is 9.40. The van der Waals surface area contributed by atoms with Gasteiger partial charge >= 0.3 is 12.4 Å². The lowest BCUT2D eigenvalue weighted by Gasteiger charge is -2.39. The van der Waals surface area contributed by atoms with Crippen LogP contribution in [0.4, 0.5) is 60.5 Å². The first-order chi connectivity index (χ1) is 31.5. The predicted molar refractivity (Wildman–Crippen MR) is 261 cm³/mol. The summed E-state index contributed by atoms with van der Waals surface area (Å²) < 4.78 is 94.6. The highest BCUT2D eigenvalue weighted by Crippen LogP contribution is 2.57. The molecule has 0 bridgehead atoms. The van der Waals surface area contributed by atoms with E-state index in [1.165, 1.54) is 24.3 Å². The van der Waals surface area contributed by atoms with Crippen LogP contribution in [0, 0.1) is 0 Å². The van der Waals surface area contributed by atoms with E-state index in [0.29, 0.717) is 17.1 Å². The Morgan fingerprint density at radius 3 is 1.17 bits per heavy atom. The summed E-state index contributed by atoms with van der Waals surface area (Å²) in [6.07, 6.45) is -7.19. The van der Waals surface area contributed by atoms with Crippen molar-refractivity contribution in [2.24, 2.45) is 0 Å². The van der Waals surface area contributed by atoms with Crippen LogP contribution < -0.4 is 9.80 Å². The van der Waals surface area contributed by atoms with Gasteiger partial charge in [-0.15, -0.1) is 0 Å². The van der Waals surface area contributed by atoms with Gasteiger partial charge in [-0.3, -0.25) is 0 Å². The molecule has 0 atom stereocenters. The number of hydrogen-bond acceptors (Lipinski definition) is 2. The number of benzene rings is 8. The van der Waals surface area contributed by atoms with Gasteiger partial charge in [0.15, 0.2) is 0 Å². The first kappa shape index (κ1) is 46.0. The molecule has 8 rings (SSSR count). The Kier molecular flexibility index (Phi) is 12.8. The Hall–Kier alpha value is -6.54. The van der Waals surface area contributed by atoms with E-state index in [4.69, 9.17) is 0 Å². The van der Waals surface area contributed by atoms with Gasteiger partial charge < -0.3 is 9.80 Å². The van der Waals surface area contributed by atoms with Gasteiger partial charge in [-0.05, 0) is 111 Å². The van der Waals surface area contributed by atoms with Crippen molar-refractivity contribution in [1.82, 2.24) is 0 Å². The van der Waals surface area contributed by atoms with Crippen LogP contribution in [0.25, 0.3) is 21.5 Å². The molecule has 0 heterocycles. The molecule has 0 saturated carbocycles. The van der Waals surface area contributed by atoms with Crippen LogP contribution in [0.5, 0.6) is 0 Å². The van der Waals surface area contributed by atoms with Crippen molar-refractivity contribution < 1.29 is 26.3 Å². The monoisotopic (exact) mass is 892 g/mol. The van der Waals surface area contributed by atoms with Crippen molar-refractivity contribution in [3.05, 3.63) is 204 Å². The summed E-state index contributed by atoms with van der Waals surface area (Å²) in [5, 5.41) is 3.62. The molecule has 0 aliphatic carbocycles. The molecule has 338 valence electrons. The van der Waals surface area contributed by atoms with Gasteiger partial charge in [0.25, 0.3) is 0 Å². The summed E-state index contributed by atoms with van der Waals surface area (Å²) in [6, 6.07) is 52.2. The van der Waals surface area contributed by atoms with E-state index in [2.05, 4.69) is 46.8 Å². The van der Waals surface area contributed by atoms with Gasteiger partial charge in [0.2, 0.25) is 5.41 Å². The van der Waals surface area contributed by atoms with E-state index in [9.17, 15) is 0 Å². The van der Waals surface area contributed by atoms with Gasteiger partial charge in [0.05, 0.1) is 11.4 Å². The number of rotatable bonds is 14. The smallest absolute Gasteiger partial charge is 0.310 e. The van der Waals surface area contributed by atoms with Crippen LogP contribution >= 0.6 is 0 Å². The molecule has 0 spiro atoms. The van der Waals surface area contributed by atoms with Gasteiger partial charge in [-0.1, -0.05) is 175 Å². The van der Waals surface area contributed by atoms with Crippen LogP contribution in [-0.2, 0) is 10.8 Å². The Morgan fingerprint density at radius 1 is 0.424 bits per heavy atom. The number of nitrogens with zero attached hydrogens (tertiary/aromatic N) is 2. The minimum absolute atomic E-state index is 0.0936. The molecule has 0 fully saturated rings. The quantitative estimate of drug-likeness (QED) is 0.0793. The van der Waals surface area contributed by atoms with E-state index in [-0.39, 0.29) is 11.3 Å². The van der Waals surface area contributed by atoms with Crippen molar-refractivity contribution in [1.29, 1.82) is 0 Å². The lowest BCUT2D eigenvalue weighted by atomic mass is 9.72. The van der Waals surface area contributed by atoms with E-state index in [1.54, 1.807) is 0 Å². The van der Waals surface area contributed by atoms with Crippen LogP contribution in [0.2, 0.25) is 0 Å². The zero-order valence-electron chi connectivity index (χ0n) is 37.9. The number of hydrogen-bond donors (Lipinski definition) is 0. The van der Waals surface area contributed by atoms with Crippen LogP contribution in [0.3, 0.4) is 0 Å². The van der Waals surface area contributed by atoms with Gasteiger partial charge in [0.1, 0.15) is 0 Å². The molecule has 0 aromatic heterocycles. The SMILES string of the molecule is CCCCCC(C)(C)c1ccc(N(c2ccc(C(c3ccc(N(c4ccc(C(C)C)cc4)c4cccc5ccccc45)cc3)(C(F)(F)F)C(F)(F)F)cc2)c2cccc3ccccc23)cc1. The minimum Gasteiger partial charge on any atom is -0.310 e. The first-order valence-electron chi connectivity index (χ1n) is 22.7. The van der Waals surface area contributed by atoms with Crippen molar-refractivity contribution in [3.63, 3.8) is 0 Å². The fraction of sp³-hybridized carbons (Fsp3) is 0.241. The maximum Gasteiger partial charge on any atom is 0.411 e. The molecule has 0 saturated heterocycles. The third-order valence-corrected chi connectivity index (χ3v) is 13.1. The minimum atomic E-state index is -5.77. The molecule has 0 aliphatic rings. The third kappa shape index (κ3) is 8.66. The summed E-state index contributed by atoms with van der Waals surface area (Å²) >= 11 is 0. The Balaban J connectivity index is 1.24. The topological polar surface area (TPSA) is 6.48 Å². The number of anilines is 6. The van der Waals surface area contributed by atoms with Crippen molar-refractivity contribution >= 4 is 55.7 Å². The van der Waals surface area contributed by atoms with E-state index in [0.717, 1.165) is 99.7 Å². The standard InChI is InChI=1S/C58H54F6N2/c1-6-7-12-39-55(4,5)44-25-33-48(34-26-44)66(54-22-14-18-43-16-9-11-20-52(43)54)50-37-29-46(30-38-50)56(57(59,60)61,58(62,63)64)45-27-35-49(36-28-45)65(47-31-23-41(24-32-47)40(2)3)53-21-13-17-42-15-8-10-19-51(42)53/h8-11,13-38,40H,6-7,12,39H2,1-5H3. The largest absolute Gasteiger partial charge is 0.411 e. The first-order valence-corrected chi connectivity index (χ1v) is 22.7. The molecular formula is C58H54F6N2. The lowest BCUT2D eigenvalue weighted by Crippen LogP contribution is -2.54. The summed E-state index contributed by atoms with van der Waals surface area (Å²) in [6.45, 7) is 10.8. The Bertz CT molecular complexity index is 2870. The predicted octanol–water partition coefficient (Wildman–Crippen LogP) is 18.3.